The van der Waals surface area contributed by atoms with Crippen molar-refractivity contribution in [2.24, 2.45) is 5.73 Å². The van der Waals surface area contributed by atoms with Crippen LogP contribution in [0.1, 0.15) is 11.5 Å². The molecule has 0 amide bonds. The molecule has 3 N–H and O–H groups in total. The summed E-state index contributed by atoms with van der Waals surface area (Å²) in [6.45, 7) is 2.52. The molecule has 1 aliphatic rings. The summed E-state index contributed by atoms with van der Waals surface area (Å²) in [5.74, 6) is 0.839. The van der Waals surface area contributed by atoms with Crippen molar-refractivity contribution < 1.29 is 9.15 Å². The van der Waals surface area contributed by atoms with E-state index in [1.165, 1.54) is 0 Å². The van der Waals surface area contributed by atoms with Crippen LogP contribution >= 0.6 is 0 Å². The molecule has 0 bridgehead atoms. The number of nitrogens with two attached hydrogens (primary N) is 1. The third-order valence-electron chi connectivity index (χ3n) is 1.92. The lowest BCUT2D eigenvalue weighted by atomic mass is 10.2. The Hall–Kier alpha value is -1.07. The smallest absolute Gasteiger partial charge is 0.295 e. The fourth-order valence-corrected chi connectivity index (χ4v) is 1.28. The average molecular weight is 183 g/mol. The third-order valence-corrected chi connectivity index (χ3v) is 1.92. The largest absolute Gasteiger partial charge is 0.426 e. The van der Waals surface area contributed by atoms with Crippen molar-refractivity contribution in [3.63, 3.8) is 0 Å². The Bertz CT molecular complexity index is 261. The van der Waals surface area contributed by atoms with Crippen LogP contribution in [0.15, 0.2) is 4.42 Å². The maximum atomic E-state index is 5.41. The second-order valence-corrected chi connectivity index (χ2v) is 2.91. The van der Waals surface area contributed by atoms with Gasteiger partial charge in [0.1, 0.15) is 6.61 Å². The van der Waals surface area contributed by atoms with Crippen LogP contribution in [-0.4, -0.2) is 24.7 Å². The van der Waals surface area contributed by atoms with Gasteiger partial charge in [0.2, 0.25) is 0 Å². The van der Waals surface area contributed by atoms with E-state index in [1.807, 2.05) is 0 Å². The molecular formula is C8H13N3O2. The number of nitrogens with one attached hydrogen (secondary N) is 1. The number of hydrogen-bond acceptors (Lipinski definition) is 5. The molecule has 1 aliphatic heterocycles. The molecule has 1 aromatic heterocycles. The molecule has 13 heavy (non-hydrogen) atoms. The van der Waals surface area contributed by atoms with Gasteiger partial charge in [-0.1, -0.05) is 0 Å². The van der Waals surface area contributed by atoms with E-state index in [2.05, 4.69) is 10.3 Å². The van der Waals surface area contributed by atoms with E-state index in [4.69, 9.17) is 14.9 Å². The second-order valence-electron chi connectivity index (χ2n) is 2.91. The van der Waals surface area contributed by atoms with Gasteiger partial charge in [-0.05, 0) is 0 Å². The molecule has 72 valence electrons. The van der Waals surface area contributed by atoms with Crippen LogP contribution in [0.5, 0.6) is 0 Å². The minimum absolute atomic E-state index is 0.534. The predicted octanol–water partition coefficient (Wildman–Crippen LogP) is 0.118. The number of hydrogen-bond donors (Lipinski definition) is 2. The SMILES string of the molecule is NCCNc1nc2c(o1)COCC2. The summed E-state index contributed by atoms with van der Waals surface area (Å²) in [6.07, 6.45) is 0.836. The highest BCUT2D eigenvalue weighted by molar-refractivity contribution is 5.26. The van der Waals surface area contributed by atoms with Crippen molar-refractivity contribution in [1.82, 2.24) is 4.98 Å². The number of fused-ring (bicyclic) bond motifs is 1. The zero-order valence-electron chi connectivity index (χ0n) is 7.38. The summed E-state index contributed by atoms with van der Waals surface area (Å²) in [4.78, 5) is 4.27. The third kappa shape index (κ3) is 1.81. The van der Waals surface area contributed by atoms with Gasteiger partial charge in [-0.15, -0.1) is 0 Å². The molecule has 0 aliphatic carbocycles. The summed E-state index contributed by atoms with van der Waals surface area (Å²) >= 11 is 0. The van der Waals surface area contributed by atoms with Crippen molar-refractivity contribution in [3.05, 3.63) is 11.5 Å². The quantitative estimate of drug-likeness (QED) is 0.696. The normalized spacial score (nSPS) is 15.5. The molecule has 0 saturated carbocycles. The highest BCUT2D eigenvalue weighted by atomic mass is 16.5. The van der Waals surface area contributed by atoms with E-state index in [1.54, 1.807) is 0 Å². The molecule has 0 fully saturated rings. The zero-order valence-corrected chi connectivity index (χ0v) is 7.38. The van der Waals surface area contributed by atoms with Crippen LogP contribution < -0.4 is 11.1 Å². The standard InChI is InChI=1S/C8H13N3O2/c9-2-3-10-8-11-6-1-4-12-5-7(6)13-8/h1-5,9H2,(H,10,11). The Morgan fingerprint density at radius 3 is 3.23 bits per heavy atom. The van der Waals surface area contributed by atoms with E-state index >= 15 is 0 Å². The van der Waals surface area contributed by atoms with E-state index < -0.39 is 0 Å². The minimum Gasteiger partial charge on any atom is -0.426 e. The van der Waals surface area contributed by atoms with E-state index in [0.717, 1.165) is 24.5 Å². The average Bonchev–Trinajstić information content (AvgIpc) is 2.57. The highest BCUT2D eigenvalue weighted by Crippen LogP contribution is 2.19. The van der Waals surface area contributed by atoms with Crippen molar-refractivity contribution in [2.45, 2.75) is 13.0 Å². The molecule has 1 aromatic rings. The molecule has 2 heterocycles. The molecule has 2 rings (SSSR count). The number of aromatic nitrogens is 1. The van der Waals surface area contributed by atoms with Gasteiger partial charge in [-0.2, -0.15) is 4.98 Å². The highest BCUT2D eigenvalue weighted by Gasteiger charge is 2.16. The van der Waals surface area contributed by atoms with Crippen molar-refractivity contribution in [1.29, 1.82) is 0 Å². The fraction of sp³-hybridized carbons (Fsp3) is 0.625. The van der Waals surface area contributed by atoms with Crippen molar-refractivity contribution in [2.75, 3.05) is 25.0 Å². The first kappa shape index (κ1) is 8.52. The van der Waals surface area contributed by atoms with Gasteiger partial charge < -0.3 is 20.2 Å². The lowest BCUT2D eigenvalue weighted by Gasteiger charge is -2.07. The Morgan fingerprint density at radius 2 is 2.46 bits per heavy atom. The molecule has 0 saturated heterocycles. The summed E-state index contributed by atoms with van der Waals surface area (Å²) in [5, 5.41) is 2.99. The van der Waals surface area contributed by atoms with Crippen LogP contribution in [0.2, 0.25) is 0 Å². The molecule has 5 heteroatoms. The first-order chi connectivity index (χ1) is 6.40. The molecule has 0 atom stereocenters. The zero-order chi connectivity index (χ0) is 9.10. The van der Waals surface area contributed by atoms with Crippen LogP contribution in [0.25, 0.3) is 0 Å². The van der Waals surface area contributed by atoms with Gasteiger partial charge in [0.25, 0.3) is 6.01 Å². The van der Waals surface area contributed by atoms with Crippen LogP contribution in [0.4, 0.5) is 6.01 Å². The molecule has 0 aromatic carbocycles. The van der Waals surface area contributed by atoms with Crippen molar-refractivity contribution >= 4 is 6.01 Å². The maximum Gasteiger partial charge on any atom is 0.295 e. The maximum absolute atomic E-state index is 5.41. The molecule has 0 radical (unpaired) electrons. The summed E-state index contributed by atoms with van der Waals surface area (Å²) in [6, 6.07) is 0.556. The van der Waals surface area contributed by atoms with Crippen LogP contribution in [0, 0.1) is 0 Å². The van der Waals surface area contributed by atoms with Crippen LogP contribution in [-0.2, 0) is 17.8 Å². The Labute approximate surface area is 76.3 Å². The van der Waals surface area contributed by atoms with Crippen LogP contribution in [0.3, 0.4) is 0 Å². The Balaban J connectivity index is 2.07. The summed E-state index contributed by atoms with van der Waals surface area (Å²) in [7, 11) is 0. The van der Waals surface area contributed by atoms with E-state index in [-0.39, 0.29) is 0 Å². The first-order valence-corrected chi connectivity index (χ1v) is 4.40. The van der Waals surface area contributed by atoms with Crippen molar-refractivity contribution in [3.8, 4) is 0 Å². The Kier molecular flexibility index (Phi) is 2.47. The number of anilines is 1. The summed E-state index contributed by atoms with van der Waals surface area (Å²) in [5.41, 5.74) is 6.35. The van der Waals surface area contributed by atoms with Gasteiger partial charge in [-0.3, -0.25) is 0 Å². The molecule has 0 unspecified atom stereocenters. The van der Waals surface area contributed by atoms with Gasteiger partial charge in [0.05, 0.1) is 12.3 Å². The van der Waals surface area contributed by atoms with E-state index in [9.17, 15) is 0 Å². The number of ether oxygens (including phenoxy) is 1. The topological polar surface area (TPSA) is 73.3 Å². The predicted molar refractivity (Wildman–Crippen MR) is 47.4 cm³/mol. The van der Waals surface area contributed by atoms with Gasteiger partial charge in [0, 0.05) is 19.5 Å². The van der Waals surface area contributed by atoms with Gasteiger partial charge >= 0.3 is 0 Å². The first-order valence-electron chi connectivity index (χ1n) is 4.40. The lowest BCUT2D eigenvalue weighted by molar-refractivity contribution is 0.0940. The number of nitrogens with zero attached hydrogens (tertiary/aromatic N) is 1. The van der Waals surface area contributed by atoms with Gasteiger partial charge in [0.15, 0.2) is 5.76 Å². The number of rotatable bonds is 3. The Morgan fingerprint density at radius 1 is 1.54 bits per heavy atom. The molecule has 5 nitrogen and oxygen atoms in total. The number of oxazole rings is 1. The monoisotopic (exact) mass is 183 g/mol. The summed E-state index contributed by atoms with van der Waals surface area (Å²) < 4.78 is 10.6. The molecular weight excluding hydrogens is 170 g/mol. The molecule has 0 spiro atoms. The fourth-order valence-electron chi connectivity index (χ4n) is 1.28. The van der Waals surface area contributed by atoms with E-state index in [0.29, 0.717) is 25.7 Å². The minimum atomic E-state index is 0.534. The lowest BCUT2D eigenvalue weighted by Crippen LogP contribution is -2.13. The second kappa shape index (κ2) is 3.76. The van der Waals surface area contributed by atoms with Gasteiger partial charge in [-0.25, -0.2) is 0 Å².